The molecule has 2 rings (SSSR count). The van der Waals surface area contributed by atoms with Crippen LogP contribution in [0, 0.1) is 5.82 Å². The summed E-state index contributed by atoms with van der Waals surface area (Å²) in [5.41, 5.74) is 6.88. The lowest BCUT2D eigenvalue weighted by Crippen LogP contribution is -2.40. The minimum absolute atomic E-state index is 0.0848. The first-order valence-electron chi connectivity index (χ1n) is 5.89. The first kappa shape index (κ1) is 13.3. The Morgan fingerprint density at radius 2 is 1.94 bits per heavy atom. The van der Waals surface area contributed by atoms with Gasteiger partial charge in [0.2, 0.25) is 0 Å². The lowest BCUT2D eigenvalue weighted by Gasteiger charge is -2.29. The first-order valence-corrected chi connectivity index (χ1v) is 7.71. The molecular formula is C12H17FN2O2S. The molecule has 18 heavy (non-hydrogen) atoms. The van der Waals surface area contributed by atoms with Gasteiger partial charge in [-0.15, -0.1) is 0 Å². The van der Waals surface area contributed by atoms with Crippen LogP contribution in [0.25, 0.3) is 0 Å². The summed E-state index contributed by atoms with van der Waals surface area (Å²) in [6.07, 6.45) is 0. The average Bonchev–Trinajstić information content (AvgIpc) is 2.29. The number of rotatable bonds is 2. The van der Waals surface area contributed by atoms with E-state index in [1.54, 1.807) is 24.0 Å². The van der Waals surface area contributed by atoms with Crippen LogP contribution >= 0.6 is 0 Å². The summed E-state index contributed by atoms with van der Waals surface area (Å²) >= 11 is 0. The van der Waals surface area contributed by atoms with Crippen molar-refractivity contribution < 1.29 is 12.8 Å². The largest absolute Gasteiger partial charge is 0.367 e. The SMILES string of the molecule is C[C@H](N)c1ccc(N2CCS(=O)(=O)CC2)c(F)c1. The van der Waals surface area contributed by atoms with Gasteiger partial charge in [-0.1, -0.05) is 6.07 Å². The predicted molar refractivity (Wildman–Crippen MR) is 69.9 cm³/mol. The lowest BCUT2D eigenvalue weighted by molar-refractivity contribution is 0.581. The van der Waals surface area contributed by atoms with Crippen molar-refractivity contribution >= 4 is 15.5 Å². The molecule has 0 aliphatic carbocycles. The minimum atomic E-state index is -2.94. The Morgan fingerprint density at radius 1 is 1.33 bits per heavy atom. The Balaban J connectivity index is 2.20. The molecule has 0 bridgehead atoms. The predicted octanol–water partition coefficient (Wildman–Crippen LogP) is 1.08. The third-order valence-electron chi connectivity index (χ3n) is 3.18. The molecule has 0 radical (unpaired) electrons. The highest BCUT2D eigenvalue weighted by atomic mass is 32.2. The number of anilines is 1. The molecule has 1 atom stereocenters. The standard InChI is InChI=1S/C12H17FN2O2S/c1-9(14)10-2-3-12(11(13)8-10)15-4-6-18(16,17)7-5-15/h2-3,8-9H,4-7,14H2,1H3/t9-/m0/s1. The van der Waals surface area contributed by atoms with Crippen molar-refractivity contribution in [2.24, 2.45) is 5.73 Å². The molecule has 4 nitrogen and oxygen atoms in total. The van der Waals surface area contributed by atoms with Crippen molar-refractivity contribution in [3.05, 3.63) is 29.6 Å². The molecule has 1 aliphatic rings. The fourth-order valence-electron chi connectivity index (χ4n) is 2.02. The zero-order valence-corrected chi connectivity index (χ0v) is 11.1. The third-order valence-corrected chi connectivity index (χ3v) is 4.79. The van der Waals surface area contributed by atoms with Crippen molar-refractivity contribution in [1.29, 1.82) is 0 Å². The normalized spacial score (nSPS) is 20.7. The van der Waals surface area contributed by atoms with Crippen LogP contribution in [-0.4, -0.2) is 33.0 Å². The second-order valence-electron chi connectivity index (χ2n) is 4.64. The second kappa shape index (κ2) is 4.85. The molecule has 2 N–H and O–H groups in total. The van der Waals surface area contributed by atoms with E-state index < -0.39 is 9.84 Å². The van der Waals surface area contributed by atoms with E-state index in [4.69, 9.17) is 5.73 Å². The first-order chi connectivity index (χ1) is 8.39. The Morgan fingerprint density at radius 3 is 2.44 bits per heavy atom. The molecule has 100 valence electrons. The van der Waals surface area contributed by atoms with Crippen LogP contribution < -0.4 is 10.6 Å². The van der Waals surface area contributed by atoms with Crippen LogP contribution in [0.1, 0.15) is 18.5 Å². The van der Waals surface area contributed by atoms with Crippen molar-refractivity contribution in [2.75, 3.05) is 29.5 Å². The summed E-state index contributed by atoms with van der Waals surface area (Å²) < 4.78 is 36.6. The van der Waals surface area contributed by atoms with Gasteiger partial charge >= 0.3 is 0 Å². The number of halogens is 1. The van der Waals surface area contributed by atoms with Gasteiger partial charge in [0.15, 0.2) is 9.84 Å². The van der Waals surface area contributed by atoms with Crippen LogP contribution in [0.5, 0.6) is 0 Å². The third kappa shape index (κ3) is 2.81. The topological polar surface area (TPSA) is 63.4 Å². The van der Waals surface area contributed by atoms with Gasteiger partial charge in [0.1, 0.15) is 5.82 Å². The van der Waals surface area contributed by atoms with Gasteiger partial charge in [-0.05, 0) is 24.6 Å². The van der Waals surface area contributed by atoms with Crippen molar-refractivity contribution in [3.8, 4) is 0 Å². The maximum atomic E-state index is 13.9. The zero-order valence-electron chi connectivity index (χ0n) is 10.3. The Hall–Kier alpha value is -1.14. The van der Waals surface area contributed by atoms with E-state index in [0.29, 0.717) is 18.8 Å². The fourth-order valence-corrected chi connectivity index (χ4v) is 3.22. The van der Waals surface area contributed by atoms with E-state index in [9.17, 15) is 12.8 Å². The zero-order chi connectivity index (χ0) is 13.3. The quantitative estimate of drug-likeness (QED) is 0.875. The van der Waals surface area contributed by atoms with Crippen LogP contribution in [0.2, 0.25) is 0 Å². The molecule has 0 saturated carbocycles. The highest BCUT2D eigenvalue weighted by molar-refractivity contribution is 7.91. The number of nitrogens with zero attached hydrogens (tertiary/aromatic N) is 1. The van der Waals surface area contributed by atoms with Gasteiger partial charge in [-0.3, -0.25) is 0 Å². The molecule has 1 aromatic rings. The van der Waals surface area contributed by atoms with E-state index >= 15 is 0 Å². The molecule has 6 heteroatoms. The van der Waals surface area contributed by atoms with E-state index in [0.717, 1.165) is 5.56 Å². The van der Waals surface area contributed by atoms with Crippen LogP contribution in [0.3, 0.4) is 0 Å². The summed E-state index contributed by atoms with van der Waals surface area (Å²) in [4.78, 5) is 1.77. The molecule has 0 unspecified atom stereocenters. The van der Waals surface area contributed by atoms with Gasteiger partial charge in [0, 0.05) is 19.1 Å². The molecule has 0 aromatic heterocycles. The number of hydrogen-bond donors (Lipinski definition) is 1. The molecule has 1 aromatic carbocycles. The van der Waals surface area contributed by atoms with Crippen molar-refractivity contribution in [1.82, 2.24) is 0 Å². The van der Waals surface area contributed by atoms with E-state index in [1.165, 1.54) is 6.07 Å². The lowest BCUT2D eigenvalue weighted by atomic mass is 10.1. The van der Waals surface area contributed by atoms with Crippen molar-refractivity contribution in [3.63, 3.8) is 0 Å². The Labute approximate surface area is 107 Å². The van der Waals surface area contributed by atoms with Crippen LogP contribution in [0.15, 0.2) is 18.2 Å². The number of nitrogens with two attached hydrogens (primary N) is 1. The molecular weight excluding hydrogens is 255 g/mol. The number of benzene rings is 1. The molecule has 0 amide bonds. The van der Waals surface area contributed by atoms with Crippen LogP contribution in [0.4, 0.5) is 10.1 Å². The highest BCUT2D eigenvalue weighted by Gasteiger charge is 2.23. The monoisotopic (exact) mass is 272 g/mol. The van der Waals surface area contributed by atoms with Gasteiger partial charge in [-0.2, -0.15) is 0 Å². The molecule has 1 saturated heterocycles. The summed E-state index contributed by atoms with van der Waals surface area (Å²) in [5, 5.41) is 0. The highest BCUT2D eigenvalue weighted by Crippen LogP contribution is 2.24. The minimum Gasteiger partial charge on any atom is -0.367 e. The van der Waals surface area contributed by atoms with E-state index in [2.05, 4.69) is 0 Å². The van der Waals surface area contributed by atoms with E-state index in [1.807, 2.05) is 0 Å². The summed E-state index contributed by atoms with van der Waals surface area (Å²) in [6.45, 7) is 2.48. The molecule has 0 spiro atoms. The summed E-state index contributed by atoms with van der Waals surface area (Å²) in [6, 6.07) is 4.66. The average molecular weight is 272 g/mol. The van der Waals surface area contributed by atoms with Gasteiger partial charge < -0.3 is 10.6 Å². The maximum absolute atomic E-state index is 13.9. The summed E-state index contributed by atoms with van der Waals surface area (Å²) in [7, 11) is -2.94. The smallest absolute Gasteiger partial charge is 0.153 e. The molecule has 1 aliphatic heterocycles. The maximum Gasteiger partial charge on any atom is 0.153 e. The van der Waals surface area contributed by atoms with Gasteiger partial charge in [0.05, 0.1) is 17.2 Å². The number of sulfone groups is 1. The summed E-state index contributed by atoms with van der Waals surface area (Å²) in [5.74, 6) is -0.174. The Kier molecular flexibility index (Phi) is 3.59. The number of hydrogen-bond acceptors (Lipinski definition) is 4. The molecule has 1 fully saturated rings. The molecule has 1 heterocycles. The van der Waals surface area contributed by atoms with E-state index in [-0.39, 0.29) is 23.4 Å². The Bertz CT molecular complexity index is 529. The van der Waals surface area contributed by atoms with Crippen molar-refractivity contribution in [2.45, 2.75) is 13.0 Å². The second-order valence-corrected chi connectivity index (χ2v) is 6.94. The van der Waals surface area contributed by atoms with Crippen LogP contribution in [-0.2, 0) is 9.84 Å². The fraction of sp³-hybridized carbons (Fsp3) is 0.500. The van der Waals surface area contributed by atoms with Gasteiger partial charge in [0.25, 0.3) is 0 Å². The van der Waals surface area contributed by atoms with Gasteiger partial charge in [-0.25, -0.2) is 12.8 Å².